The molecule has 0 bridgehead atoms. The van der Waals surface area contributed by atoms with Gasteiger partial charge in [-0.25, -0.2) is 0 Å². The standard InChI is InChI=1S/C56H59NO/c1-4-13-38(14-5-1)45-33-46(39-15-6-2-7-16-39)36-49(35-45)57(48-30-31-51-44(34-48)24-23-42-19-10-11-20-50(42)51)47-28-25-40(26-29-47)43-27-32-55-54(37-43)53-22-12-21-52(56(53)58-55)41-17-8-3-9-18-41/h1,3-4,6,8,10,13,15-16,19,21,25,27-29,32-34,36-37,40-41,49,54-55H,2,5,7,9,11-12,14,17-18,20,22-24,26,30-31,35H2. The first-order valence-corrected chi connectivity index (χ1v) is 23.0. The highest BCUT2D eigenvalue weighted by Gasteiger charge is 2.40. The van der Waals surface area contributed by atoms with Gasteiger partial charge < -0.3 is 9.64 Å². The second-order valence-electron chi connectivity index (χ2n) is 18.3. The van der Waals surface area contributed by atoms with E-state index in [1.54, 1.807) is 27.9 Å². The summed E-state index contributed by atoms with van der Waals surface area (Å²) in [7, 11) is 0. The highest BCUT2D eigenvalue weighted by Crippen LogP contribution is 2.49. The van der Waals surface area contributed by atoms with Crippen molar-refractivity contribution < 1.29 is 4.74 Å². The zero-order valence-corrected chi connectivity index (χ0v) is 34.3. The van der Waals surface area contributed by atoms with Crippen LogP contribution >= 0.6 is 0 Å². The van der Waals surface area contributed by atoms with Crippen molar-refractivity contribution in [1.82, 2.24) is 4.90 Å². The van der Waals surface area contributed by atoms with E-state index in [1.807, 2.05) is 0 Å². The van der Waals surface area contributed by atoms with Crippen LogP contribution in [0.25, 0.3) is 0 Å². The van der Waals surface area contributed by atoms with Crippen molar-refractivity contribution in [3.8, 4) is 0 Å². The zero-order valence-electron chi connectivity index (χ0n) is 34.3. The quantitative estimate of drug-likeness (QED) is 0.240. The first-order chi connectivity index (χ1) is 28.7. The van der Waals surface area contributed by atoms with Crippen LogP contribution in [-0.4, -0.2) is 17.0 Å². The second-order valence-corrected chi connectivity index (χ2v) is 18.3. The fourth-order valence-electron chi connectivity index (χ4n) is 11.9. The molecule has 0 fully saturated rings. The molecule has 0 saturated carbocycles. The number of fused-ring (bicyclic) bond motifs is 3. The molecule has 0 aromatic carbocycles. The minimum absolute atomic E-state index is 0.149. The van der Waals surface area contributed by atoms with Crippen LogP contribution in [0.1, 0.15) is 109 Å². The SMILES string of the molecule is C1=CCCC(C2=CC(C3=CCCC=C3)=CC(N(C3=CCC(C4=CC5C6=C(OC5C=C4)C(C4CC=CCC4)=CCC6)C=C3)C3=CC4=C(CC3)C3=C(C=CCC3)CC4)C2)=C1. The molecule has 11 rings (SSSR count). The molecule has 0 spiro atoms. The van der Waals surface area contributed by atoms with E-state index in [2.05, 4.69) is 126 Å². The Morgan fingerprint density at radius 2 is 1.55 bits per heavy atom. The van der Waals surface area contributed by atoms with Gasteiger partial charge in [-0.3, -0.25) is 0 Å². The Hall–Kier alpha value is -4.82. The minimum atomic E-state index is 0.149. The Morgan fingerprint density at radius 3 is 2.41 bits per heavy atom. The van der Waals surface area contributed by atoms with Crippen LogP contribution in [0.4, 0.5) is 0 Å². The molecular weight excluding hydrogens is 703 g/mol. The van der Waals surface area contributed by atoms with Crippen molar-refractivity contribution in [2.24, 2.45) is 17.8 Å². The molecule has 11 aliphatic rings. The predicted molar refractivity (Wildman–Crippen MR) is 240 cm³/mol. The largest absolute Gasteiger partial charge is 0.485 e. The summed E-state index contributed by atoms with van der Waals surface area (Å²) in [4.78, 5) is 2.79. The van der Waals surface area contributed by atoms with Gasteiger partial charge in [-0.2, -0.15) is 0 Å². The molecule has 294 valence electrons. The molecule has 0 amide bonds. The van der Waals surface area contributed by atoms with Crippen LogP contribution in [0.15, 0.2) is 200 Å². The summed E-state index contributed by atoms with van der Waals surface area (Å²) >= 11 is 0. The van der Waals surface area contributed by atoms with E-state index < -0.39 is 0 Å². The van der Waals surface area contributed by atoms with Crippen molar-refractivity contribution in [2.75, 3.05) is 0 Å². The number of hydrogen-bond donors (Lipinski definition) is 0. The van der Waals surface area contributed by atoms with Crippen molar-refractivity contribution in [3.05, 3.63) is 200 Å². The van der Waals surface area contributed by atoms with Gasteiger partial charge in [0.05, 0.1) is 6.04 Å². The first kappa shape index (κ1) is 36.3. The molecule has 5 atom stereocenters. The molecule has 0 N–H and O–H groups in total. The van der Waals surface area contributed by atoms with E-state index in [0.717, 1.165) is 70.6 Å². The van der Waals surface area contributed by atoms with E-state index >= 15 is 0 Å². The van der Waals surface area contributed by atoms with Gasteiger partial charge in [-0.05, 0) is 195 Å². The third-order valence-electron chi connectivity index (χ3n) is 14.9. The Bertz CT molecular complexity index is 2310. The number of nitrogens with zero attached hydrogens (tertiary/aromatic N) is 1. The van der Waals surface area contributed by atoms with Gasteiger partial charge in [0.15, 0.2) is 0 Å². The zero-order chi connectivity index (χ0) is 38.4. The smallest absolute Gasteiger partial charge is 0.127 e. The Labute approximate surface area is 347 Å². The van der Waals surface area contributed by atoms with Crippen LogP contribution < -0.4 is 0 Å². The van der Waals surface area contributed by atoms with E-state index in [-0.39, 0.29) is 12.1 Å². The molecule has 2 heteroatoms. The van der Waals surface area contributed by atoms with Gasteiger partial charge in [-0.15, -0.1) is 0 Å². The Morgan fingerprint density at radius 1 is 0.621 bits per heavy atom. The fraction of sp³-hybridized carbons (Fsp3) is 0.393. The maximum atomic E-state index is 6.80. The van der Waals surface area contributed by atoms with Crippen LogP contribution in [0.2, 0.25) is 0 Å². The second kappa shape index (κ2) is 15.7. The average Bonchev–Trinajstić information content (AvgIpc) is 3.68. The molecule has 0 aromatic heterocycles. The summed E-state index contributed by atoms with van der Waals surface area (Å²) in [5, 5.41) is 0. The van der Waals surface area contributed by atoms with E-state index in [4.69, 9.17) is 4.74 Å². The number of allylic oxidation sites excluding steroid dienone is 27. The molecule has 2 nitrogen and oxygen atoms in total. The van der Waals surface area contributed by atoms with Crippen molar-refractivity contribution >= 4 is 0 Å². The molecular formula is C56H59NO. The third kappa shape index (κ3) is 6.85. The van der Waals surface area contributed by atoms with E-state index in [0.29, 0.717) is 17.8 Å². The number of ether oxygens (including phenoxy) is 1. The first-order valence-electron chi connectivity index (χ1n) is 23.0. The van der Waals surface area contributed by atoms with E-state index in [1.165, 1.54) is 89.1 Å². The summed E-state index contributed by atoms with van der Waals surface area (Å²) in [5.41, 5.74) is 19.8. The molecule has 1 heterocycles. The maximum absolute atomic E-state index is 6.80. The summed E-state index contributed by atoms with van der Waals surface area (Å²) in [5.74, 6) is 2.62. The minimum Gasteiger partial charge on any atom is -0.485 e. The monoisotopic (exact) mass is 761 g/mol. The van der Waals surface area contributed by atoms with Gasteiger partial charge in [0.2, 0.25) is 0 Å². The highest BCUT2D eigenvalue weighted by molar-refractivity contribution is 5.57. The predicted octanol–water partition coefficient (Wildman–Crippen LogP) is 14.2. The summed E-state index contributed by atoms with van der Waals surface area (Å²) < 4.78 is 6.80. The van der Waals surface area contributed by atoms with Crippen molar-refractivity contribution in [2.45, 2.75) is 121 Å². The topological polar surface area (TPSA) is 12.5 Å². The molecule has 0 saturated heterocycles. The summed E-state index contributed by atoms with van der Waals surface area (Å²) in [6, 6.07) is 0.263. The molecule has 0 aromatic rings. The van der Waals surface area contributed by atoms with Gasteiger partial charge >= 0.3 is 0 Å². The Balaban J connectivity index is 0.919. The normalized spacial score (nSPS) is 31.1. The van der Waals surface area contributed by atoms with Crippen LogP contribution in [-0.2, 0) is 4.74 Å². The number of hydrogen-bond acceptors (Lipinski definition) is 2. The van der Waals surface area contributed by atoms with Gasteiger partial charge in [0.1, 0.15) is 11.9 Å². The molecule has 0 radical (unpaired) electrons. The Kier molecular flexibility index (Phi) is 9.85. The third-order valence-corrected chi connectivity index (χ3v) is 14.9. The fourth-order valence-corrected chi connectivity index (χ4v) is 11.9. The van der Waals surface area contributed by atoms with Gasteiger partial charge in [-0.1, -0.05) is 103 Å². The maximum Gasteiger partial charge on any atom is 0.127 e. The lowest BCUT2D eigenvalue weighted by molar-refractivity contribution is 0.165. The van der Waals surface area contributed by atoms with Crippen molar-refractivity contribution in [1.29, 1.82) is 0 Å². The summed E-state index contributed by atoms with van der Waals surface area (Å²) in [6.07, 6.45) is 68.7. The molecule has 10 aliphatic carbocycles. The van der Waals surface area contributed by atoms with Crippen LogP contribution in [0.5, 0.6) is 0 Å². The van der Waals surface area contributed by atoms with Gasteiger partial charge in [0.25, 0.3) is 0 Å². The van der Waals surface area contributed by atoms with Crippen LogP contribution in [0.3, 0.4) is 0 Å². The molecule has 58 heavy (non-hydrogen) atoms. The van der Waals surface area contributed by atoms with Crippen molar-refractivity contribution in [3.63, 3.8) is 0 Å². The summed E-state index contributed by atoms with van der Waals surface area (Å²) in [6.45, 7) is 0. The lowest BCUT2D eigenvalue weighted by Gasteiger charge is -2.41. The van der Waals surface area contributed by atoms with Gasteiger partial charge in [0, 0.05) is 23.2 Å². The average molecular weight is 762 g/mol. The highest BCUT2D eigenvalue weighted by atomic mass is 16.5. The lowest BCUT2D eigenvalue weighted by atomic mass is 9.76. The molecule has 5 unspecified atom stereocenters. The van der Waals surface area contributed by atoms with E-state index in [9.17, 15) is 0 Å². The number of rotatable bonds is 7. The molecule has 1 aliphatic heterocycles. The van der Waals surface area contributed by atoms with Crippen LogP contribution in [0, 0.1) is 17.8 Å². The lowest BCUT2D eigenvalue weighted by Crippen LogP contribution is -2.36.